The molecule has 0 fully saturated rings. The topological polar surface area (TPSA) is 9.23 Å². The predicted octanol–water partition coefficient (Wildman–Crippen LogP) is 13.3. The Bertz CT molecular complexity index is 3100. The highest BCUT2D eigenvalue weighted by Crippen LogP contribution is 2.64. The molecule has 1 heteroatoms. The summed E-state index contributed by atoms with van der Waals surface area (Å²) in [7, 11) is 0. The second-order valence-corrected chi connectivity index (χ2v) is 15.5. The van der Waals surface area contributed by atoms with Crippen molar-refractivity contribution in [2.45, 2.75) is 10.8 Å². The van der Waals surface area contributed by atoms with Crippen LogP contribution < -0.4 is 4.74 Å². The predicted molar refractivity (Wildman–Crippen MR) is 223 cm³/mol. The van der Waals surface area contributed by atoms with Gasteiger partial charge in [0.05, 0.1) is 10.8 Å². The van der Waals surface area contributed by atoms with Gasteiger partial charge in [-0.15, -0.1) is 0 Å². The fourth-order valence-corrected chi connectivity index (χ4v) is 11.1. The Kier molecular flexibility index (Phi) is 5.56. The summed E-state index contributed by atoms with van der Waals surface area (Å²) < 4.78 is 6.63. The lowest BCUT2D eigenvalue weighted by Gasteiger charge is -2.40. The van der Waals surface area contributed by atoms with Gasteiger partial charge >= 0.3 is 0 Å². The Morgan fingerprint density at radius 1 is 0.273 bits per heavy atom. The number of ether oxygens (including phenoxy) is 1. The maximum absolute atomic E-state index is 6.63. The van der Waals surface area contributed by atoms with Gasteiger partial charge in [-0.25, -0.2) is 0 Å². The summed E-state index contributed by atoms with van der Waals surface area (Å²) in [6.07, 6.45) is 0. The van der Waals surface area contributed by atoms with E-state index in [0.717, 1.165) is 11.5 Å². The Labute approximate surface area is 319 Å². The molecule has 55 heavy (non-hydrogen) atoms. The Hall–Kier alpha value is -6.96. The molecule has 9 aromatic rings. The first kappa shape index (κ1) is 29.5. The van der Waals surface area contributed by atoms with E-state index < -0.39 is 10.8 Å². The minimum absolute atomic E-state index is 0.459. The van der Waals surface area contributed by atoms with Crippen LogP contribution in [0.3, 0.4) is 0 Å². The van der Waals surface area contributed by atoms with Gasteiger partial charge in [0.25, 0.3) is 0 Å². The van der Waals surface area contributed by atoms with Crippen molar-refractivity contribution in [2.75, 3.05) is 0 Å². The Morgan fingerprint density at radius 3 is 1.20 bits per heavy atom. The summed E-state index contributed by atoms with van der Waals surface area (Å²) in [4.78, 5) is 0. The van der Waals surface area contributed by atoms with Gasteiger partial charge in [0, 0.05) is 11.1 Å². The lowest BCUT2D eigenvalue weighted by molar-refractivity contribution is 0.436. The molecule has 1 nitrogen and oxygen atoms in total. The third-order valence-electron chi connectivity index (χ3n) is 13.2. The zero-order valence-electron chi connectivity index (χ0n) is 29.9. The van der Waals surface area contributed by atoms with Crippen molar-refractivity contribution in [3.05, 3.63) is 239 Å². The molecule has 0 saturated carbocycles. The largest absolute Gasteiger partial charge is 0.457 e. The fraction of sp³-hybridized carbons (Fsp3) is 0.0370. The van der Waals surface area contributed by atoms with Gasteiger partial charge in [0.2, 0.25) is 0 Å². The maximum Gasteiger partial charge on any atom is 0.132 e. The van der Waals surface area contributed by atoms with Crippen molar-refractivity contribution in [3.63, 3.8) is 0 Å². The van der Waals surface area contributed by atoms with Crippen LogP contribution in [-0.2, 0) is 10.8 Å². The number of fused-ring (bicyclic) bond motifs is 18. The molecule has 3 aliphatic carbocycles. The normalized spacial score (nSPS) is 16.7. The van der Waals surface area contributed by atoms with Gasteiger partial charge in [0.15, 0.2) is 0 Å². The summed E-state index contributed by atoms with van der Waals surface area (Å²) in [5, 5.41) is 2.64. The third-order valence-corrected chi connectivity index (χ3v) is 13.2. The number of rotatable bonds is 1. The molecule has 13 rings (SSSR count). The van der Waals surface area contributed by atoms with Gasteiger partial charge in [-0.05, 0) is 113 Å². The van der Waals surface area contributed by atoms with Crippen molar-refractivity contribution in [2.24, 2.45) is 0 Å². The molecule has 0 bridgehead atoms. The van der Waals surface area contributed by atoms with Crippen molar-refractivity contribution >= 4 is 10.8 Å². The summed E-state index contributed by atoms with van der Waals surface area (Å²) in [5.74, 6) is 1.83. The van der Waals surface area contributed by atoms with E-state index in [0.29, 0.717) is 0 Å². The molecule has 1 aliphatic heterocycles. The molecule has 0 aromatic heterocycles. The van der Waals surface area contributed by atoms with Gasteiger partial charge in [-0.2, -0.15) is 0 Å². The van der Waals surface area contributed by atoms with Crippen LogP contribution in [0.5, 0.6) is 11.5 Å². The van der Waals surface area contributed by atoms with Gasteiger partial charge in [-0.3, -0.25) is 0 Å². The molecule has 2 spiro atoms. The third kappa shape index (κ3) is 3.46. The van der Waals surface area contributed by atoms with Crippen molar-refractivity contribution < 1.29 is 4.74 Å². The molecule has 0 radical (unpaired) electrons. The van der Waals surface area contributed by atoms with Crippen LogP contribution in [0.15, 0.2) is 194 Å². The summed E-state index contributed by atoms with van der Waals surface area (Å²) in [6, 6.07) is 72.6. The lowest BCUT2D eigenvalue weighted by Crippen LogP contribution is -2.32. The highest BCUT2D eigenvalue weighted by molar-refractivity contribution is 6.07. The van der Waals surface area contributed by atoms with Crippen LogP contribution in [0.25, 0.3) is 55.3 Å². The van der Waals surface area contributed by atoms with E-state index in [9.17, 15) is 0 Å². The van der Waals surface area contributed by atoms with Crippen LogP contribution in [-0.4, -0.2) is 0 Å². The summed E-state index contributed by atoms with van der Waals surface area (Å²) in [5.41, 5.74) is 19.7. The van der Waals surface area contributed by atoms with Gasteiger partial charge < -0.3 is 4.74 Å². The molecule has 254 valence electrons. The van der Waals surface area contributed by atoms with Crippen LogP contribution in [0, 0.1) is 0 Å². The number of para-hydroxylation sites is 2. The smallest absolute Gasteiger partial charge is 0.132 e. The van der Waals surface area contributed by atoms with Gasteiger partial charge in [0.1, 0.15) is 11.5 Å². The monoisotopic (exact) mass is 696 g/mol. The van der Waals surface area contributed by atoms with Crippen LogP contribution in [0.1, 0.15) is 44.5 Å². The van der Waals surface area contributed by atoms with Crippen LogP contribution in [0.2, 0.25) is 0 Å². The molecule has 4 aliphatic rings. The molecule has 9 aromatic carbocycles. The maximum atomic E-state index is 6.63. The van der Waals surface area contributed by atoms with Crippen molar-refractivity contribution in [3.8, 4) is 56.0 Å². The molecular weight excluding hydrogens is 665 g/mol. The minimum atomic E-state index is -0.511. The fourth-order valence-electron chi connectivity index (χ4n) is 11.1. The lowest BCUT2D eigenvalue weighted by atomic mass is 9.61. The van der Waals surface area contributed by atoms with E-state index in [1.54, 1.807) is 0 Å². The molecule has 0 amide bonds. The molecular formula is C54H32O. The Balaban J connectivity index is 1.10. The van der Waals surface area contributed by atoms with E-state index in [2.05, 4.69) is 194 Å². The molecule has 1 heterocycles. The molecule has 1 atom stereocenters. The summed E-state index contributed by atoms with van der Waals surface area (Å²) in [6.45, 7) is 0. The highest BCUT2D eigenvalue weighted by Gasteiger charge is 2.52. The minimum Gasteiger partial charge on any atom is -0.457 e. The second kappa shape index (κ2) is 10.4. The van der Waals surface area contributed by atoms with E-state index in [4.69, 9.17) is 4.74 Å². The first-order valence-corrected chi connectivity index (χ1v) is 19.3. The van der Waals surface area contributed by atoms with E-state index in [1.807, 2.05) is 0 Å². The number of hydrogen-bond donors (Lipinski definition) is 0. The summed E-state index contributed by atoms with van der Waals surface area (Å²) >= 11 is 0. The first-order valence-electron chi connectivity index (χ1n) is 19.3. The average molecular weight is 697 g/mol. The van der Waals surface area contributed by atoms with Crippen molar-refractivity contribution in [1.82, 2.24) is 0 Å². The molecule has 1 unspecified atom stereocenters. The van der Waals surface area contributed by atoms with Crippen molar-refractivity contribution in [1.29, 1.82) is 0 Å². The van der Waals surface area contributed by atoms with Crippen LogP contribution >= 0.6 is 0 Å². The Morgan fingerprint density at radius 2 is 0.655 bits per heavy atom. The molecule has 0 N–H and O–H groups in total. The highest BCUT2D eigenvalue weighted by atomic mass is 16.5. The van der Waals surface area contributed by atoms with E-state index in [-0.39, 0.29) is 0 Å². The SMILES string of the molecule is c1ccc2c(c1)Oc1ccccc1C21c2ccccc2-c2ccc(-c3ccc4c(c3)C3(c5ccccc5-4)c4ccccc4-c4cccc5cccc3c45)cc21. The standard InChI is InChI=1S/C54H32O/c1-4-19-42-36(15-1)39-29-27-34(31-48(39)53(42)44-21-6-3-17-38(44)41-18-11-13-33-14-12-24-47(53)52(33)41)35-28-30-40-37-16-2-5-20-43(37)54(49(40)32-35)45-22-7-9-25-50(45)55-51-26-10-8-23-46(51)54/h1-32H. The van der Waals surface area contributed by atoms with E-state index in [1.165, 1.54) is 99.8 Å². The van der Waals surface area contributed by atoms with E-state index >= 15 is 0 Å². The molecule has 0 saturated heterocycles. The second-order valence-electron chi connectivity index (χ2n) is 15.5. The zero-order valence-corrected chi connectivity index (χ0v) is 29.9. The first-order chi connectivity index (χ1) is 27.3. The quantitative estimate of drug-likeness (QED) is 0.166. The van der Waals surface area contributed by atoms with Crippen LogP contribution in [0.4, 0.5) is 0 Å². The average Bonchev–Trinajstić information content (AvgIpc) is 3.70. The van der Waals surface area contributed by atoms with Gasteiger partial charge in [-0.1, -0.05) is 170 Å². The number of benzene rings is 9. The number of hydrogen-bond acceptors (Lipinski definition) is 1. The zero-order chi connectivity index (χ0) is 35.9.